The number of hydrogen-bond acceptors (Lipinski definition) is 3. The molecule has 1 aromatic heterocycles. The van der Waals surface area contributed by atoms with Crippen molar-refractivity contribution in [2.75, 3.05) is 11.6 Å². The third-order valence-corrected chi connectivity index (χ3v) is 3.51. The lowest BCUT2D eigenvalue weighted by molar-refractivity contribution is 0.752. The maximum absolute atomic E-state index is 4.16. The Morgan fingerprint density at radius 3 is 2.93 bits per heavy atom. The molecule has 2 rings (SSSR count). The molecule has 0 unspecified atom stereocenters. The van der Waals surface area contributed by atoms with E-state index in [2.05, 4.69) is 22.6 Å². The van der Waals surface area contributed by atoms with Crippen LogP contribution < -0.4 is 5.32 Å². The van der Waals surface area contributed by atoms with E-state index in [9.17, 15) is 0 Å². The van der Waals surface area contributed by atoms with Gasteiger partial charge in [-0.05, 0) is 25.2 Å². The molecule has 14 heavy (non-hydrogen) atoms. The van der Waals surface area contributed by atoms with Crippen LogP contribution in [0.4, 0.5) is 5.69 Å². The standard InChI is InChI=1S/C11H16N2S/c1-14-11-6-7-12-8-10(11)13-9-4-2-3-5-9/h6-9,13H,2-5H2,1H3. The molecule has 0 bridgehead atoms. The molecule has 1 aliphatic carbocycles. The van der Waals surface area contributed by atoms with Crippen LogP contribution in [0.3, 0.4) is 0 Å². The fourth-order valence-corrected chi connectivity index (χ4v) is 2.49. The van der Waals surface area contributed by atoms with Crippen LogP contribution in [-0.2, 0) is 0 Å². The number of rotatable bonds is 3. The van der Waals surface area contributed by atoms with E-state index < -0.39 is 0 Å². The Hall–Kier alpha value is -0.700. The average Bonchev–Trinajstić information content (AvgIpc) is 2.71. The van der Waals surface area contributed by atoms with Gasteiger partial charge in [0, 0.05) is 17.1 Å². The predicted octanol–water partition coefficient (Wildman–Crippen LogP) is 3.16. The fourth-order valence-electron chi connectivity index (χ4n) is 1.96. The van der Waals surface area contributed by atoms with E-state index in [0.717, 1.165) is 0 Å². The molecule has 0 amide bonds. The van der Waals surface area contributed by atoms with Gasteiger partial charge in [-0.2, -0.15) is 0 Å². The molecule has 0 radical (unpaired) electrons. The van der Waals surface area contributed by atoms with E-state index in [-0.39, 0.29) is 0 Å². The maximum atomic E-state index is 4.16. The lowest BCUT2D eigenvalue weighted by Crippen LogP contribution is -2.15. The molecule has 1 saturated carbocycles. The zero-order valence-electron chi connectivity index (χ0n) is 8.49. The van der Waals surface area contributed by atoms with Gasteiger partial charge >= 0.3 is 0 Å². The van der Waals surface area contributed by atoms with Gasteiger partial charge in [-0.3, -0.25) is 4.98 Å². The molecule has 0 saturated heterocycles. The molecule has 1 N–H and O–H groups in total. The first kappa shape index (κ1) is 9.84. The first-order valence-corrected chi connectivity index (χ1v) is 6.37. The SMILES string of the molecule is CSc1ccncc1NC1CCCC1. The Morgan fingerprint density at radius 1 is 1.43 bits per heavy atom. The summed E-state index contributed by atoms with van der Waals surface area (Å²) >= 11 is 1.78. The van der Waals surface area contributed by atoms with Gasteiger partial charge in [0.15, 0.2) is 0 Å². The van der Waals surface area contributed by atoms with E-state index in [1.165, 1.54) is 36.3 Å². The van der Waals surface area contributed by atoms with Gasteiger partial charge in [-0.1, -0.05) is 12.8 Å². The van der Waals surface area contributed by atoms with Gasteiger partial charge in [-0.15, -0.1) is 11.8 Å². The summed E-state index contributed by atoms with van der Waals surface area (Å²) in [5.41, 5.74) is 1.20. The summed E-state index contributed by atoms with van der Waals surface area (Å²) in [7, 11) is 0. The molecular formula is C11H16N2S. The zero-order chi connectivity index (χ0) is 9.80. The van der Waals surface area contributed by atoms with Crippen LogP contribution in [0.5, 0.6) is 0 Å². The van der Waals surface area contributed by atoms with Crippen LogP contribution in [0.1, 0.15) is 25.7 Å². The number of hydrogen-bond donors (Lipinski definition) is 1. The first-order chi connectivity index (χ1) is 6.90. The van der Waals surface area contributed by atoms with E-state index in [1.54, 1.807) is 11.8 Å². The third kappa shape index (κ3) is 2.21. The Bertz CT molecular complexity index is 295. The van der Waals surface area contributed by atoms with E-state index in [4.69, 9.17) is 0 Å². The summed E-state index contributed by atoms with van der Waals surface area (Å²) in [6.45, 7) is 0. The second-order valence-electron chi connectivity index (χ2n) is 3.70. The van der Waals surface area contributed by atoms with E-state index in [0.29, 0.717) is 6.04 Å². The minimum Gasteiger partial charge on any atom is -0.380 e. The summed E-state index contributed by atoms with van der Waals surface area (Å²) in [5, 5.41) is 3.58. The zero-order valence-corrected chi connectivity index (χ0v) is 9.31. The van der Waals surface area contributed by atoms with Gasteiger partial charge in [-0.25, -0.2) is 0 Å². The van der Waals surface area contributed by atoms with Gasteiger partial charge in [0.25, 0.3) is 0 Å². The second-order valence-corrected chi connectivity index (χ2v) is 4.55. The summed E-state index contributed by atoms with van der Waals surface area (Å²) in [6.07, 6.45) is 11.2. The average molecular weight is 208 g/mol. The monoisotopic (exact) mass is 208 g/mol. The summed E-state index contributed by atoms with van der Waals surface area (Å²) in [4.78, 5) is 5.46. The van der Waals surface area contributed by atoms with Crippen LogP contribution in [0, 0.1) is 0 Å². The van der Waals surface area contributed by atoms with Gasteiger partial charge in [0.05, 0.1) is 11.9 Å². The molecule has 1 aromatic rings. The van der Waals surface area contributed by atoms with Crippen LogP contribution in [-0.4, -0.2) is 17.3 Å². The van der Waals surface area contributed by atoms with Gasteiger partial charge in [0.2, 0.25) is 0 Å². The molecule has 1 aliphatic rings. The van der Waals surface area contributed by atoms with Crippen molar-refractivity contribution >= 4 is 17.4 Å². The van der Waals surface area contributed by atoms with E-state index in [1.807, 2.05) is 12.4 Å². The minimum absolute atomic E-state index is 0.671. The molecule has 1 heterocycles. The van der Waals surface area contributed by atoms with Gasteiger partial charge < -0.3 is 5.32 Å². The number of thioether (sulfide) groups is 1. The smallest absolute Gasteiger partial charge is 0.0666 e. The van der Waals surface area contributed by atoms with Crippen LogP contribution in [0.2, 0.25) is 0 Å². The Kier molecular flexibility index (Phi) is 3.30. The summed E-state index contributed by atoms with van der Waals surface area (Å²) < 4.78 is 0. The number of nitrogens with zero attached hydrogens (tertiary/aromatic N) is 1. The van der Waals surface area contributed by atoms with Crippen LogP contribution in [0.15, 0.2) is 23.4 Å². The van der Waals surface area contributed by atoms with Crippen molar-refractivity contribution in [1.82, 2.24) is 4.98 Å². The first-order valence-electron chi connectivity index (χ1n) is 5.14. The highest BCUT2D eigenvalue weighted by molar-refractivity contribution is 7.98. The van der Waals surface area contributed by atoms with Crippen molar-refractivity contribution in [3.05, 3.63) is 18.5 Å². The largest absolute Gasteiger partial charge is 0.380 e. The van der Waals surface area contributed by atoms with Crippen LogP contribution in [0.25, 0.3) is 0 Å². The summed E-state index contributed by atoms with van der Waals surface area (Å²) in [5.74, 6) is 0. The van der Waals surface area contributed by atoms with Crippen molar-refractivity contribution in [2.45, 2.75) is 36.6 Å². The number of pyridine rings is 1. The highest BCUT2D eigenvalue weighted by Crippen LogP contribution is 2.28. The lowest BCUT2D eigenvalue weighted by atomic mass is 10.2. The maximum Gasteiger partial charge on any atom is 0.0666 e. The summed E-state index contributed by atoms with van der Waals surface area (Å²) in [6, 6.07) is 2.74. The number of nitrogens with one attached hydrogen (secondary N) is 1. The molecular weight excluding hydrogens is 192 g/mol. The molecule has 0 spiro atoms. The third-order valence-electron chi connectivity index (χ3n) is 2.72. The minimum atomic E-state index is 0.671. The lowest BCUT2D eigenvalue weighted by Gasteiger charge is -2.15. The molecule has 3 heteroatoms. The molecule has 0 atom stereocenters. The molecule has 0 aliphatic heterocycles. The van der Waals surface area contributed by atoms with Crippen molar-refractivity contribution < 1.29 is 0 Å². The van der Waals surface area contributed by atoms with Gasteiger partial charge in [0.1, 0.15) is 0 Å². The quantitative estimate of drug-likeness (QED) is 0.772. The number of anilines is 1. The highest BCUT2D eigenvalue weighted by Gasteiger charge is 2.15. The molecule has 2 nitrogen and oxygen atoms in total. The van der Waals surface area contributed by atoms with Crippen molar-refractivity contribution in [2.24, 2.45) is 0 Å². The Morgan fingerprint density at radius 2 is 2.21 bits per heavy atom. The fraction of sp³-hybridized carbons (Fsp3) is 0.545. The topological polar surface area (TPSA) is 24.9 Å². The molecule has 76 valence electrons. The van der Waals surface area contributed by atoms with Crippen molar-refractivity contribution in [3.63, 3.8) is 0 Å². The van der Waals surface area contributed by atoms with Crippen molar-refractivity contribution in [1.29, 1.82) is 0 Å². The molecule has 1 fully saturated rings. The molecule has 0 aromatic carbocycles. The highest BCUT2D eigenvalue weighted by atomic mass is 32.2. The second kappa shape index (κ2) is 4.69. The Balaban J connectivity index is 2.07. The van der Waals surface area contributed by atoms with Crippen molar-refractivity contribution in [3.8, 4) is 0 Å². The van der Waals surface area contributed by atoms with Crippen LogP contribution >= 0.6 is 11.8 Å². The number of aromatic nitrogens is 1. The van der Waals surface area contributed by atoms with E-state index >= 15 is 0 Å². The Labute approximate surface area is 89.5 Å². The normalized spacial score (nSPS) is 17.2. The predicted molar refractivity (Wildman–Crippen MR) is 61.9 cm³/mol.